The van der Waals surface area contributed by atoms with Crippen LogP contribution in [0.15, 0.2) is 35.6 Å². The number of aromatic amines is 1. The first-order valence-electron chi connectivity index (χ1n) is 6.60. The fourth-order valence-corrected chi connectivity index (χ4v) is 3.29. The molecule has 110 valence electrons. The van der Waals surface area contributed by atoms with Gasteiger partial charge in [0.1, 0.15) is 0 Å². The van der Waals surface area contributed by atoms with Crippen molar-refractivity contribution in [3.63, 3.8) is 0 Å². The number of carbonyl (C=O) groups is 1. The lowest BCUT2D eigenvalue weighted by atomic mass is 10.2. The first-order valence-corrected chi connectivity index (χ1v) is 7.59. The Kier molecular flexibility index (Phi) is 4.01. The van der Waals surface area contributed by atoms with Crippen molar-refractivity contribution in [2.45, 2.75) is 11.4 Å². The van der Waals surface area contributed by atoms with E-state index in [-0.39, 0.29) is 0 Å². The number of imidazole rings is 1. The first-order chi connectivity index (χ1) is 10.3. The van der Waals surface area contributed by atoms with Gasteiger partial charge in [-0.1, -0.05) is 0 Å². The van der Waals surface area contributed by atoms with E-state index in [1.54, 1.807) is 6.33 Å². The van der Waals surface area contributed by atoms with Gasteiger partial charge in [-0.15, -0.1) is 11.8 Å². The SMILES string of the molecule is COC(=O)Nc1ccc2c(c1)N(Cc1c[nH]cn1)CCS2. The fourth-order valence-electron chi connectivity index (χ4n) is 2.26. The monoisotopic (exact) mass is 304 g/mol. The van der Waals surface area contributed by atoms with Gasteiger partial charge < -0.3 is 14.6 Å². The minimum absolute atomic E-state index is 0.461. The molecule has 2 aromatic rings. The minimum atomic E-state index is -0.461. The molecule has 7 heteroatoms. The average Bonchev–Trinajstić information content (AvgIpc) is 3.01. The molecule has 1 aromatic heterocycles. The molecule has 21 heavy (non-hydrogen) atoms. The number of ether oxygens (including phenoxy) is 1. The summed E-state index contributed by atoms with van der Waals surface area (Å²) in [6.07, 6.45) is 3.12. The van der Waals surface area contributed by atoms with Crippen molar-refractivity contribution in [3.05, 3.63) is 36.4 Å². The van der Waals surface area contributed by atoms with Crippen molar-refractivity contribution in [3.8, 4) is 0 Å². The maximum Gasteiger partial charge on any atom is 0.411 e. The molecule has 0 fully saturated rings. The number of nitrogens with one attached hydrogen (secondary N) is 2. The maximum absolute atomic E-state index is 11.3. The molecule has 0 unspecified atom stereocenters. The van der Waals surface area contributed by atoms with Gasteiger partial charge >= 0.3 is 6.09 Å². The van der Waals surface area contributed by atoms with Crippen LogP contribution in [0.5, 0.6) is 0 Å². The zero-order chi connectivity index (χ0) is 14.7. The molecule has 0 aliphatic carbocycles. The molecule has 2 heterocycles. The highest BCUT2D eigenvalue weighted by Crippen LogP contribution is 2.37. The molecular weight excluding hydrogens is 288 g/mol. The predicted octanol–water partition coefficient (Wildman–Crippen LogP) is 2.70. The van der Waals surface area contributed by atoms with Crippen LogP contribution in [0.4, 0.5) is 16.2 Å². The summed E-state index contributed by atoms with van der Waals surface area (Å²) in [6, 6.07) is 5.90. The summed E-state index contributed by atoms with van der Waals surface area (Å²) in [6.45, 7) is 1.70. The predicted molar refractivity (Wildman–Crippen MR) is 82.8 cm³/mol. The zero-order valence-electron chi connectivity index (χ0n) is 11.6. The van der Waals surface area contributed by atoms with Crippen LogP contribution in [0.25, 0.3) is 0 Å². The number of fused-ring (bicyclic) bond motifs is 1. The molecule has 1 aromatic carbocycles. The number of thioether (sulfide) groups is 1. The molecule has 0 saturated carbocycles. The third kappa shape index (κ3) is 3.13. The van der Waals surface area contributed by atoms with E-state index in [4.69, 9.17) is 0 Å². The highest BCUT2D eigenvalue weighted by Gasteiger charge is 2.19. The summed E-state index contributed by atoms with van der Waals surface area (Å²) in [5.74, 6) is 1.04. The Hall–Kier alpha value is -2.15. The van der Waals surface area contributed by atoms with Crippen LogP contribution >= 0.6 is 11.8 Å². The molecule has 0 saturated heterocycles. The number of anilines is 2. The molecule has 1 aliphatic rings. The summed E-state index contributed by atoms with van der Waals surface area (Å²) in [4.78, 5) is 22.0. The number of carbonyl (C=O) groups excluding carboxylic acids is 1. The van der Waals surface area contributed by atoms with Gasteiger partial charge in [0.15, 0.2) is 0 Å². The van der Waals surface area contributed by atoms with Crippen LogP contribution in [0, 0.1) is 0 Å². The maximum atomic E-state index is 11.3. The van der Waals surface area contributed by atoms with Crippen LogP contribution in [0.2, 0.25) is 0 Å². The molecule has 0 atom stereocenters. The quantitative estimate of drug-likeness (QED) is 0.912. The Labute approximate surface area is 126 Å². The van der Waals surface area contributed by atoms with Crippen molar-refractivity contribution < 1.29 is 9.53 Å². The lowest BCUT2D eigenvalue weighted by molar-refractivity contribution is 0.187. The van der Waals surface area contributed by atoms with Crippen LogP contribution in [0.3, 0.4) is 0 Å². The lowest BCUT2D eigenvalue weighted by Gasteiger charge is -2.30. The summed E-state index contributed by atoms with van der Waals surface area (Å²) >= 11 is 1.82. The third-order valence-electron chi connectivity index (χ3n) is 3.26. The van der Waals surface area contributed by atoms with Crippen LogP contribution in [-0.4, -0.2) is 35.5 Å². The third-order valence-corrected chi connectivity index (χ3v) is 4.30. The summed E-state index contributed by atoms with van der Waals surface area (Å²) in [5.41, 5.74) is 2.84. The number of nitrogens with zero attached hydrogens (tertiary/aromatic N) is 2. The molecule has 1 aliphatic heterocycles. The van der Waals surface area contributed by atoms with Gasteiger partial charge in [-0.2, -0.15) is 0 Å². The summed E-state index contributed by atoms with van der Waals surface area (Å²) in [7, 11) is 1.35. The van der Waals surface area contributed by atoms with Crippen LogP contribution in [0.1, 0.15) is 5.69 Å². The van der Waals surface area contributed by atoms with Crippen molar-refractivity contribution >= 4 is 29.2 Å². The number of aromatic nitrogens is 2. The Balaban J connectivity index is 1.84. The number of rotatable bonds is 3. The normalized spacial score (nSPS) is 13.7. The average molecular weight is 304 g/mol. The van der Waals surface area contributed by atoms with E-state index in [1.165, 1.54) is 12.0 Å². The highest BCUT2D eigenvalue weighted by atomic mass is 32.2. The minimum Gasteiger partial charge on any atom is -0.453 e. The largest absolute Gasteiger partial charge is 0.453 e. The van der Waals surface area contributed by atoms with E-state index in [1.807, 2.05) is 36.2 Å². The smallest absolute Gasteiger partial charge is 0.411 e. The Morgan fingerprint density at radius 3 is 3.24 bits per heavy atom. The van der Waals surface area contributed by atoms with Gasteiger partial charge in [0, 0.05) is 29.1 Å². The van der Waals surface area contributed by atoms with E-state index in [0.717, 1.165) is 35.9 Å². The van der Waals surface area contributed by atoms with Crippen molar-refractivity contribution in [2.24, 2.45) is 0 Å². The second-order valence-electron chi connectivity index (χ2n) is 4.63. The van der Waals surface area contributed by atoms with E-state index < -0.39 is 6.09 Å². The van der Waals surface area contributed by atoms with Crippen molar-refractivity contribution in [1.82, 2.24) is 9.97 Å². The zero-order valence-corrected chi connectivity index (χ0v) is 12.4. The number of amides is 1. The number of hydrogen-bond acceptors (Lipinski definition) is 5. The fraction of sp³-hybridized carbons (Fsp3) is 0.286. The molecule has 2 N–H and O–H groups in total. The van der Waals surface area contributed by atoms with E-state index in [9.17, 15) is 4.79 Å². The Bertz CT molecular complexity index is 630. The number of methoxy groups -OCH3 is 1. The van der Waals surface area contributed by atoms with Gasteiger partial charge in [-0.05, 0) is 18.2 Å². The standard InChI is InChI=1S/C14H16N4O2S/c1-20-14(19)17-10-2-3-13-12(6-10)18(4-5-21-13)8-11-7-15-9-16-11/h2-3,6-7,9H,4-5,8H2,1H3,(H,15,16)(H,17,19). The second-order valence-corrected chi connectivity index (χ2v) is 5.77. The van der Waals surface area contributed by atoms with Crippen LogP contribution < -0.4 is 10.2 Å². The number of benzene rings is 1. The molecule has 0 spiro atoms. The molecule has 1 amide bonds. The van der Waals surface area contributed by atoms with E-state index in [2.05, 4.69) is 24.9 Å². The van der Waals surface area contributed by atoms with Gasteiger partial charge in [-0.25, -0.2) is 9.78 Å². The summed E-state index contributed by atoms with van der Waals surface area (Å²) < 4.78 is 4.63. The Morgan fingerprint density at radius 2 is 2.48 bits per heavy atom. The van der Waals surface area contributed by atoms with Gasteiger partial charge in [0.2, 0.25) is 0 Å². The van der Waals surface area contributed by atoms with E-state index in [0.29, 0.717) is 0 Å². The number of H-pyrrole nitrogens is 1. The topological polar surface area (TPSA) is 70.2 Å². The number of hydrogen-bond donors (Lipinski definition) is 2. The molecule has 0 radical (unpaired) electrons. The van der Waals surface area contributed by atoms with E-state index >= 15 is 0 Å². The first kappa shape index (κ1) is 13.8. The van der Waals surface area contributed by atoms with Crippen molar-refractivity contribution in [1.29, 1.82) is 0 Å². The van der Waals surface area contributed by atoms with Gasteiger partial charge in [0.05, 0.1) is 31.4 Å². The Morgan fingerprint density at radius 1 is 1.57 bits per heavy atom. The molecule has 6 nitrogen and oxygen atoms in total. The molecule has 3 rings (SSSR count). The lowest BCUT2D eigenvalue weighted by Crippen LogP contribution is -2.28. The molecular formula is C14H16N4O2S. The highest BCUT2D eigenvalue weighted by molar-refractivity contribution is 7.99. The van der Waals surface area contributed by atoms with Gasteiger partial charge in [-0.3, -0.25) is 5.32 Å². The summed E-state index contributed by atoms with van der Waals surface area (Å²) in [5, 5.41) is 2.70. The van der Waals surface area contributed by atoms with Crippen molar-refractivity contribution in [2.75, 3.05) is 29.6 Å². The van der Waals surface area contributed by atoms with Crippen LogP contribution in [-0.2, 0) is 11.3 Å². The van der Waals surface area contributed by atoms with Gasteiger partial charge in [0.25, 0.3) is 0 Å². The second kappa shape index (κ2) is 6.09. The molecule has 0 bridgehead atoms.